The van der Waals surface area contributed by atoms with E-state index in [1.54, 1.807) is 32.0 Å². The van der Waals surface area contributed by atoms with E-state index < -0.39 is 5.56 Å². The Morgan fingerprint density at radius 2 is 1.83 bits per heavy atom. The summed E-state index contributed by atoms with van der Waals surface area (Å²) in [7, 11) is 3.03. The van der Waals surface area contributed by atoms with Gasteiger partial charge in [0.1, 0.15) is 11.6 Å². The fourth-order valence-electron chi connectivity index (χ4n) is 2.25. The zero-order valence-corrected chi connectivity index (χ0v) is 14.5. The molecule has 0 N–H and O–H groups in total. The Morgan fingerprint density at radius 3 is 2.42 bits per heavy atom. The van der Waals surface area contributed by atoms with Crippen molar-refractivity contribution < 1.29 is 9.47 Å². The van der Waals surface area contributed by atoms with Crippen LogP contribution >= 0.6 is 11.6 Å². The molecule has 6 nitrogen and oxygen atoms in total. The molecule has 2 rings (SSSR count). The predicted molar refractivity (Wildman–Crippen MR) is 92.4 cm³/mol. The maximum atomic E-state index is 12.3. The molecule has 0 amide bonds. The summed E-state index contributed by atoms with van der Waals surface area (Å²) in [5.74, 6) is 0.990. The molecule has 0 radical (unpaired) electrons. The molecule has 1 aromatic heterocycles. The summed E-state index contributed by atoms with van der Waals surface area (Å²) in [6, 6.07) is 6.90. The number of ether oxygens (including phenoxy) is 2. The first kappa shape index (κ1) is 17.6. The van der Waals surface area contributed by atoms with Crippen molar-refractivity contribution in [1.82, 2.24) is 4.68 Å². The lowest BCUT2D eigenvalue weighted by Gasteiger charge is -2.10. The van der Waals surface area contributed by atoms with E-state index in [9.17, 15) is 4.79 Å². The number of hydrogen-bond donors (Lipinski definition) is 0. The topological polar surface area (TPSA) is 76.6 Å². The molecule has 0 aliphatic carbocycles. The lowest BCUT2D eigenvalue weighted by atomic mass is 10.1. The Labute approximate surface area is 144 Å². The van der Waals surface area contributed by atoms with Gasteiger partial charge in [0.25, 0.3) is 5.56 Å². The third kappa shape index (κ3) is 3.26. The molecule has 124 valence electrons. The van der Waals surface area contributed by atoms with Gasteiger partial charge in [-0.25, -0.2) is 4.68 Å². The largest absolute Gasteiger partial charge is 0.493 e. The maximum Gasteiger partial charge on any atom is 0.289 e. The summed E-state index contributed by atoms with van der Waals surface area (Å²) in [6.45, 7) is 3.45. The quantitative estimate of drug-likeness (QED) is 0.798. The monoisotopic (exact) mass is 345 g/mol. The van der Waals surface area contributed by atoms with E-state index in [1.807, 2.05) is 6.07 Å². The van der Waals surface area contributed by atoms with Gasteiger partial charge in [-0.3, -0.25) is 4.79 Å². The number of rotatable bonds is 4. The van der Waals surface area contributed by atoms with Gasteiger partial charge in [0.15, 0.2) is 11.5 Å². The maximum absolute atomic E-state index is 12.3. The second kappa shape index (κ2) is 7.20. The second-order valence-electron chi connectivity index (χ2n) is 5.05. The van der Waals surface area contributed by atoms with Crippen LogP contribution in [-0.2, 0) is 0 Å². The average Bonchev–Trinajstić information content (AvgIpc) is 2.55. The van der Waals surface area contributed by atoms with Crippen LogP contribution in [0.1, 0.15) is 22.4 Å². The molecule has 0 unspecified atom stereocenters. The van der Waals surface area contributed by atoms with Crippen molar-refractivity contribution in [3.8, 4) is 17.6 Å². The van der Waals surface area contributed by atoms with Crippen LogP contribution < -0.4 is 15.0 Å². The van der Waals surface area contributed by atoms with Gasteiger partial charge < -0.3 is 9.47 Å². The van der Waals surface area contributed by atoms with Gasteiger partial charge in [-0.2, -0.15) is 10.4 Å². The molecule has 1 aromatic carbocycles. The minimum Gasteiger partial charge on any atom is -0.493 e. The average molecular weight is 346 g/mol. The molecule has 0 aliphatic heterocycles. The number of nitrogens with zero attached hydrogens (tertiary/aromatic N) is 3. The van der Waals surface area contributed by atoms with Crippen LogP contribution in [-0.4, -0.2) is 25.1 Å². The lowest BCUT2D eigenvalue weighted by molar-refractivity contribution is 0.355. The van der Waals surface area contributed by atoms with Crippen molar-refractivity contribution in [2.24, 2.45) is 5.10 Å². The SMILES string of the molecule is COc1cc(Cl)c(/C=N/n2c(C)cc(C)c(C#N)c2=O)cc1OC. The molecule has 2 aromatic rings. The highest BCUT2D eigenvalue weighted by Gasteiger charge is 2.11. The van der Waals surface area contributed by atoms with E-state index in [4.69, 9.17) is 26.3 Å². The van der Waals surface area contributed by atoms with E-state index in [0.717, 1.165) is 0 Å². The number of benzene rings is 1. The van der Waals surface area contributed by atoms with Gasteiger partial charge in [0, 0.05) is 17.3 Å². The number of pyridine rings is 1. The molecule has 1 heterocycles. The zero-order valence-electron chi connectivity index (χ0n) is 13.8. The first-order valence-corrected chi connectivity index (χ1v) is 7.40. The van der Waals surface area contributed by atoms with Crippen LogP contribution in [0.25, 0.3) is 0 Å². The molecule has 0 atom stereocenters. The van der Waals surface area contributed by atoms with Crippen LogP contribution in [0.5, 0.6) is 11.5 Å². The number of methoxy groups -OCH3 is 2. The normalized spacial score (nSPS) is 10.7. The van der Waals surface area contributed by atoms with Crippen LogP contribution in [0, 0.1) is 25.2 Å². The molecule has 7 heteroatoms. The number of aryl methyl sites for hydroxylation is 2. The van der Waals surface area contributed by atoms with Crippen molar-refractivity contribution >= 4 is 17.8 Å². The Kier molecular flexibility index (Phi) is 5.27. The summed E-state index contributed by atoms with van der Waals surface area (Å²) in [4.78, 5) is 12.3. The molecule has 0 spiro atoms. The summed E-state index contributed by atoms with van der Waals surface area (Å²) in [5.41, 5.74) is 1.39. The van der Waals surface area contributed by atoms with E-state index in [-0.39, 0.29) is 5.56 Å². The number of hydrogen-bond acceptors (Lipinski definition) is 5. The van der Waals surface area contributed by atoms with Crippen LogP contribution in [0.15, 0.2) is 28.1 Å². The van der Waals surface area contributed by atoms with Gasteiger partial charge >= 0.3 is 0 Å². The van der Waals surface area contributed by atoms with Gasteiger partial charge in [0.2, 0.25) is 0 Å². The highest BCUT2D eigenvalue weighted by Crippen LogP contribution is 2.32. The summed E-state index contributed by atoms with van der Waals surface area (Å²) >= 11 is 6.20. The lowest BCUT2D eigenvalue weighted by Crippen LogP contribution is -2.22. The van der Waals surface area contributed by atoms with Crippen molar-refractivity contribution in [2.45, 2.75) is 13.8 Å². The smallest absolute Gasteiger partial charge is 0.289 e. The van der Waals surface area contributed by atoms with Gasteiger partial charge in [-0.1, -0.05) is 11.6 Å². The Bertz CT molecular complexity index is 911. The zero-order chi connectivity index (χ0) is 17.9. The van der Waals surface area contributed by atoms with Gasteiger partial charge in [-0.05, 0) is 31.5 Å². The van der Waals surface area contributed by atoms with Gasteiger partial charge in [0.05, 0.1) is 25.5 Å². The Morgan fingerprint density at radius 1 is 1.21 bits per heavy atom. The first-order chi connectivity index (χ1) is 11.4. The Balaban J connectivity index is 2.54. The molecule has 0 saturated carbocycles. The number of nitriles is 1. The van der Waals surface area contributed by atoms with Crippen molar-refractivity contribution in [3.05, 3.63) is 56.0 Å². The molecule has 0 saturated heterocycles. The highest BCUT2D eigenvalue weighted by molar-refractivity contribution is 6.33. The van der Waals surface area contributed by atoms with Crippen molar-refractivity contribution in [1.29, 1.82) is 5.26 Å². The van der Waals surface area contributed by atoms with E-state index in [1.165, 1.54) is 25.1 Å². The number of halogens is 1. The molecular formula is C17H16ClN3O3. The van der Waals surface area contributed by atoms with E-state index in [0.29, 0.717) is 33.3 Å². The standard InChI is InChI=1S/C17H16ClN3O3/c1-10-5-11(2)21(17(22)13(10)8-19)20-9-12-6-15(23-3)16(24-4)7-14(12)18/h5-7,9H,1-4H3/b20-9+. The summed E-state index contributed by atoms with van der Waals surface area (Å²) < 4.78 is 11.6. The minimum absolute atomic E-state index is 0.0659. The molecule has 24 heavy (non-hydrogen) atoms. The van der Waals surface area contributed by atoms with Crippen molar-refractivity contribution in [2.75, 3.05) is 14.2 Å². The molecular weight excluding hydrogens is 330 g/mol. The second-order valence-corrected chi connectivity index (χ2v) is 5.45. The van der Waals surface area contributed by atoms with Crippen LogP contribution in [0.3, 0.4) is 0 Å². The minimum atomic E-state index is -0.470. The van der Waals surface area contributed by atoms with Gasteiger partial charge in [-0.15, -0.1) is 0 Å². The first-order valence-electron chi connectivity index (χ1n) is 7.02. The summed E-state index contributed by atoms with van der Waals surface area (Å²) in [5, 5.41) is 13.7. The molecule has 0 aliphatic rings. The number of aromatic nitrogens is 1. The molecule has 0 bridgehead atoms. The third-order valence-electron chi connectivity index (χ3n) is 3.49. The predicted octanol–water partition coefficient (Wildman–Crippen LogP) is 2.89. The van der Waals surface area contributed by atoms with E-state index in [2.05, 4.69) is 5.10 Å². The fraction of sp³-hybridized carbons (Fsp3) is 0.235. The highest BCUT2D eigenvalue weighted by atomic mass is 35.5. The van der Waals surface area contributed by atoms with E-state index >= 15 is 0 Å². The third-order valence-corrected chi connectivity index (χ3v) is 3.81. The summed E-state index contributed by atoms with van der Waals surface area (Å²) in [6.07, 6.45) is 1.44. The Hall–Kier alpha value is -2.78. The van der Waals surface area contributed by atoms with Crippen LogP contribution in [0.4, 0.5) is 0 Å². The van der Waals surface area contributed by atoms with Crippen molar-refractivity contribution in [3.63, 3.8) is 0 Å². The van der Waals surface area contributed by atoms with Crippen LogP contribution in [0.2, 0.25) is 5.02 Å². The molecule has 0 fully saturated rings. The fourth-order valence-corrected chi connectivity index (χ4v) is 2.45.